The van der Waals surface area contributed by atoms with E-state index in [1.807, 2.05) is 31.2 Å². The van der Waals surface area contributed by atoms with E-state index in [1.165, 1.54) is 0 Å². The summed E-state index contributed by atoms with van der Waals surface area (Å²) in [5.41, 5.74) is 1.91. The van der Waals surface area contributed by atoms with E-state index in [4.69, 9.17) is 9.94 Å². The van der Waals surface area contributed by atoms with Crippen molar-refractivity contribution in [3.63, 3.8) is 0 Å². The van der Waals surface area contributed by atoms with Gasteiger partial charge < -0.3 is 15.3 Å². The summed E-state index contributed by atoms with van der Waals surface area (Å²) in [5, 5.41) is 15.0. The first kappa shape index (κ1) is 15.6. The highest BCUT2D eigenvalue weighted by Crippen LogP contribution is 2.20. The second-order valence-corrected chi connectivity index (χ2v) is 4.60. The molecule has 1 amide bonds. The molecule has 0 unspecified atom stereocenters. The number of rotatable bonds is 6. The molecule has 0 spiro atoms. The molecule has 2 aromatic carbocycles. The lowest BCUT2D eigenvalue weighted by Crippen LogP contribution is -2.20. The number of oxime groups is 1. The molecule has 0 atom stereocenters. The Morgan fingerprint density at radius 3 is 2.50 bits per heavy atom. The fourth-order valence-corrected chi connectivity index (χ4v) is 2.01. The largest absolute Gasteiger partial charge is 0.483 e. The molecule has 114 valence electrons. The summed E-state index contributed by atoms with van der Waals surface area (Å²) in [7, 11) is 0. The van der Waals surface area contributed by atoms with Crippen LogP contribution < -0.4 is 10.1 Å². The number of nitrogens with zero attached hydrogens (tertiary/aromatic N) is 1. The molecule has 0 aromatic heterocycles. The van der Waals surface area contributed by atoms with Gasteiger partial charge in [-0.2, -0.15) is 0 Å². The summed E-state index contributed by atoms with van der Waals surface area (Å²) >= 11 is 0. The van der Waals surface area contributed by atoms with E-state index in [-0.39, 0.29) is 12.5 Å². The number of hydrogen-bond acceptors (Lipinski definition) is 4. The molecule has 5 heteroatoms. The smallest absolute Gasteiger partial charge is 0.262 e. The number of carbonyl (C=O) groups is 1. The Morgan fingerprint density at radius 1 is 1.14 bits per heavy atom. The van der Waals surface area contributed by atoms with Crippen LogP contribution in [0.4, 0.5) is 5.69 Å². The highest BCUT2D eigenvalue weighted by molar-refractivity contribution is 6.02. The maximum absolute atomic E-state index is 11.9. The van der Waals surface area contributed by atoms with E-state index in [9.17, 15) is 4.79 Å². The molecule has 0 aliphatic rings. The van der Waals surface area contributed by atoms with Crippen molar-refractivity contribution >= 4 is 17.3 Å². The van der Waals surface area contributed by atoms with Gasteiger partial charge in [0.25, 0.3) is 5.91 Å². The fraction of sp³-hybridized carbons (Fsp3) is 0.176. The molecular weight excluding hydrogens is 280 g/mol. The van der Waals surface area contributed by atoms with Gasteiger partial charge in [-0.1, -0.05) is 42.4 Å². The van der Waals surface area contributed by atoms with Crippen LogP contribution in [0, 0.1) is 0 Å². The standard InChI is InChI=1S/C17H18N2O3/c1-2-15(19-21)14-10-6-7-11-16(14)22-12-17(20)18-13-8-4-3-5-9-13/h3-11,21H,2,12H2,1H3,(H,18,20)/b19-15+. The van der Waals surface area contributed by atoms with Gasteiger partial charge in [-0.05, 0) is 30.7 Å². The SMILES string of the molecule is CC/C(=N\O)c1ccccc1OCC(=O)Nc1ccccc1. The molecular formula is C17H18N2O3. The minimum absolute atomic E-state index is 0.117. The summed E-state index contributed by atoms with van der Waals surface area (Å²) in [5.74, 6) is 0.264. The van der Waals surface area contributed by atoms with Gasteiger partial charge in [0.1, 0.15) is 5.75 Å². The van der Waals surface area contributed by atoms with Crippen molar-refractivity contribution in [3.8, 4) is 5.75 Å². The molecule has 22 heavy (non-hydrogen) atoms. The van der Waals surface area contributed by atoms with Crippen LogP contribution in [0.1, 0.15) is 18.9 Å². The van der Waals surface area contributed by atoms with Gasteiger partial charge in [0.05, 0.1) is 5.71 Å². The van der Waals surface area contributed by atoms with Gasteiger partial charge >= 0.3 is 0 Å². The molecule has 0 fully saturated rings. The van der Waals surface area contributed by atoms with E-state index in [0.717, 1.165) is 5.69 Å². The average Bonchev–Trinajstić information content (AvgIpc) is 2.56. The predicted molar refractivity (Wildman–Crippen MR) is 85.6 cm³/mol. The zero-order valence-corrected chi connectivity index (χ0v) is 12.3. The molecule has 0 heterocycles. The van der Waals surface area contributed by atoms with Crippen LogP contribution in [0.25, 0.3) is 0 Å². The van der Waals surface area contributed by atoms with Crippen molar-refractivity contribution in [1.29, 1.82) is 0 Å². The minimum Gasteiger partial charge on any atom is -0.483 e. The first-order valence-electron chi connectivity index (χ1n) is 7.02. The van der Waals surface area contributed by atoms with Crippen molar-refractivity contribution in [1.82, 2.24) is 0 Å². The van der Waals surface area contributed by atoms with E-state index >= 15 is 0 Å². The summed E-state index contributed by atoms with van der Waals surface area (Å²) in [6.07, 6.45) is 0.563. The number of nitrogens with one attached hydrogen (secondary N) is 1. The third-order valence-corrected chi connectivity index (χ3v) is 3.07. The monoisotopic (exact) mass is 298 g/mol. The summed E-state index contributed by atoms with van der Waals surface area (Å²) in [6.45, 7) is 1.77. The van der Waals surface area contributed by atoms with Crippen molar-refractivity contribution in [2.75, 3.05) is 11.9 Å². The fourth-order valence-electron chi connectivity index (χ4n) is 2.01. The first-order chi connectivity index (χ1) is 10.7. The van der Waals surface area contributed by atoms with Crippen LogP contribution in [-0.4, -0.2) is 23.4 Å². The van der Waals surface area contributed by atoms with E-state index < -0.39 is 0 Å². The van der Waals surface area contributed by atoms with Crippen molar-refractivity contribution in [2.45, 2.75) is 13.3 Å². The number of benzene rings is 2. The van der Waals surface area contributed by atoms with Gasteiger partial charge in [0, 0.05) is 11.3 Å². The van der Waals surface area contributed by atoms with E-state index in [0.29, 0.717) is 23.4 Å². The number of para-hydroxylation sites is 2. The van der Waals surface area contributed by atoms with Crippen LogP contribution in [0.3, 0.4) is 0 Å². The maximum atomic E-state index is 11.9. The third-order valence-electron chi connectivity index (χ3n) is 3.07. The van der Waals surface area contributed by atoms with Crippen molar-refractivity contribution in [3.05, 3.63) is 60.2 Å². The maximum Gasteiger partial charge on any atom is 0.262 e. The van der Waals surface area contributed by atoms with Crippen LogP contribution >= 0.6 is 0 Å². The molecule has 2 N–H and O–H groups in total. The van der Waals surface area contributed by atoms with Gasteiger partial charge in [-0.3, -0.25) is 4.79 Å². The predicted octanol–water partition coefficient (Wildman–Crippen LogP) is 3.29. The Morgan fingerprint density at radius 2 is 1.82 bits per heavy atom. The molecule has 2 rings (SSSR count). The number of hydrogen-bond donors (Lipinski definition) is 2. The van der Waals surface area contributed by atoms with Gasteiger partial charge in [0.15, 0.2) is 6.61 Å². The van der Waals surface area contributed by atoms with Crippen molar-refractivity contribution in [2.24, 2.45) is 5.16 Å². The average molecular weight is 298 g/mol. The molecule has 2 aromatic rings. The third kappa shape index (κ3) is 4.09. The van der Waals surface area contributed by atoms with E-state index in [1.54, 1.807) is 30.3 Å². The van der Waals surface area contributed by atoms with Crippen LogP contribution in [0.15, 0.2) is 59.8 Å². The second-order valence-electron chi connectivity index (χ2n) is 4.60. The Balaban J connectivity index is 2.01. The van der Waals surface area contributed by atoms with Crippen molar-refractivity contribution < 1.29 is 14.7 Å². The highest BCUT2D eigenvalue weighted by Gasteiger charge is 2.11. The van der Waals surface area contributed by atoms with Crippen LogP contribution in [0.5, 0.6) is 5.75 Å². The van der Waals surface area contributed by atoms with Gasteiger partial charge in [0.2, 0.25) is 0 Å². The van der Waals surface area contributed by atoms with Crippen LogP contribution in [-0.2, 0) is 4.79 Å². The Bertz CT molecular complexity index is 654. The summed E-state index contributed by atoms with van der Waals surface area (Å²) < 4.78 is 5.55. The quantitative estimate of drug-likeness (QED) is 0.488. The lowest BCUT2D eigenvalue weighted by Gasteiger charge is -2.11. The topological polar surface area (TPSA) is 70.9 Å². The first-order valence-corrected chi connectivity index (χ1v) is 7.02. The van der Waals surface area contributed by atoms with Gasteiger partial charge in [-0.25, -0.2) is 0 Å². The Hall–Kier alpha value is -2.82. The van der Waals surface area contributed by atoms with Crippen LogP contribution in [0.2, 0.25) is 0 Å². The molecule has 0 bridgehead atoms. The lowest BCUT2D eigenvalue weighted by atomic mass is 10.1. The molecule has 0 aliphatic carbocycles. The zero-order chi connectivity index (χ0) is 15.8. The molecule has 0 saturated heterocycles. The molecule has 0 saturated carbocycles. The molecule has 5 nitrogen and oxygen atoms in total. The van der Waals surface area contributed by atoms with E-state index in [2.05, 4.69) is 10.5 Å². The normalized spacial score (nSPS) is 11.0. The molecule has 0 radical (unpaired) electrons. The van der Waals surface area contributed by atoms with Gasteiger partial charge in [-0.15, -0.1) is 0 Å². The number of amides is 1. The number of ether oxygens (including phenoxy) is 1. The Kier molecular flexibility index (Phi) is 5.54. The minimum atomic E-state index is -0.250. The Labute approximate surface area is 129 Å². The summed E-state index contributed by atoms with van der Waals surface area (Å²) in [6, 6.07) is 16.3. The summed E-state index contributed by atoms with van der Waals surface area (Å²) in [4.78, 5) is 11.9. The number of anilines is 1. The second kappa shape index (κ2) is 7.83. The number of carbonyl (C=O) groups excluding carboxylic acids is 1. The lowest BCUT2D eigenvalue weighted by molar-refractivity contribution is -0.118. The zero-order valence-electron chi connectivity index (χ0n) is 12.3. The highest BCUT2D eigenvalue weighted by atomic mass is 16.5. The molecule has 0 aliphatic heterocycles.